The average Bonchev–Trinajstić information content (AvgIpc) is 3.02. The summed E-state index contributed by atoms with van der Waals surface area (Å²) >= 11 is 0. The van der Waals surface area contributed by atoms with E-state index < -0.39 is 0 Å². The number of amides is 1. The Morgan fingerprint density at radius 1 is 0.920 bits per heavy atom. The predicted octanol–water partition coefficient (Wildman–Crippen LogP) is 2.63. The molecule has 6 heteroatoms. The Morgan fingerprint density at radius 2 is 1.60 bits per heavy atom. The maximum atomic E-state index is 12.2. The largest absolute Gasteiger partial charge is 0.497 e. The third-order valence-corrected chi connectivity index (χ3v) is 3.79. The lowest BCUT2D eigenvalue weighted by Crippen LogP contribution is -2.24. The minimum atomic E-state index is -0.268. The number of ether oxygens (including phenoxy) is 3. The molecule has 0 saturated heterocycles. The van der Waals surface area contributed by atoms with E-state index in [1.807, 2.05) is 24.3 Å². The lowest BCUT2D eigenvalue weighted by molar-refractivity contribution is -0.115. The minimum Gasteiger partial charge on any atom is -0.497 e. The van der Waals surface area contributed by atoms with Crippen molar-refractivity contribution in [3.8, 4) is 17.2 Å². The SMILES string of the molecule is COc1ccc(C2=N/C(=C\c3cc(OC)ccc3OC)C(=O)N2)cc1. The van der Waals surface area contributed by atoms with Gasteiger partial charge in [0.25, 0.3) is 5.91 Å². The second-order valence-electron chi connectivity index (χ2n) is 5.28. The second kappa shape index (κ2) is 7.09. The molecular weight excluding hydrogens is 320 g/mol. The molecule has 2 aromatic carbocycles. The number of hydrogen-bond donors (Lipinski definition) is 1. The van der Waals surface area contributed by atoms with Gasteiger partial charge in [0, 0.05) is 11.1 Å². The Labute approximate surface area is 145 Å². The fourth-order valence-corrected chi connectivity index (χ4v) is 2.45. The van der Waals surface area contributed by atoms with Crippen LogP contribution in [0, 0.1) is 0 Å². The first-order valence-corrected chi connectivity index (χ1v) is 7.63. The summed E-state index contributed by atoms with van der Waals surface area (Å²) in [5.41, 5.74) is 1.82. The highest BCUT2D eigenvalue weighted by atomic mass is 16.5. The molecule has 1 amide bonds. The van der Waals surface area contributed by atoms with Crippen LogP contribution in [0.5, 0.6) is 17.2 Å². The molecule has 0 bridgehead atoms. The van der Waals surface area contributed by atoms with Crippen molar-refractivity contribution >= 4 is 17.8 Å². The quantitative estimate of drug-likeness (QED) is 0.851. The van der Waals surface area contributed by atoms with Gasteiger partial charge in [0.15, 0.2) is 0 Å². The van der Waals surface area contributed by atoms with Crippen LogP contribution < -0.4 is 19.5 Å². The number of hydrogen-bond acceptors (Lipinski definition) is 5. The monoisotopic (exact) mass is 338 g/mol. The molecule has 0 fully saturated rings. The van der Waals surface area contributed by atoms with Gasteiger partial charge in [-0.25, -0.2) is 4.99 Å². The van der Waals surface area contributed by atoms with Crippen molar-refractivity contribution in [2.45, 2.75) is 0 Å². The summed E-state index contributed by atoms with van der Waals surface area (Å²) in [7, 11) is 4.76. The van der Waals surface area contributed by atoms with Gasteiger partial charge in [0.1, 0.15) is 28.8 Å². The van der Waals surface area contributed by atoms with E-state index in [0.717, 1.165) is 11.3 Å². The van der Waals surface area contributed by atoms with Crippen LogP contribution in [0.3, 0.4) is 0 Å². The molecule has 1 N–H and O–H groups in total. The molecule has 0 radical (unpaired) electrons. The Balaban J connectivity index is 1.95. The van der Waals surface area contributed by atoms with Crippen LogP contribution in [-0.4, -0.2) is 33.1 Å². The number of carbonyl (C=O) groups excluding carboxylic acids is 1. The Bertz CT molecular complexity index is 854. The molecule has 0 unspecified atom stereocenters. The molecule has 25 heavy (non-hydrogen) atoms. The van der Waals surface area contributed by atoms with Gasteiger partial charge in [-0.3, -0.25) is 4.79 Å². The average molecular weight is 338 g/mol. The lowest BCUT2D eigenvalue weighted by atomic mass is 10.1. The van der Waals surface area contributed by atoms with E-state index in [4.69, 9.17) is 14.2 Å². The van der Waals surface area contributed by atoms with Gasteiger partial charge in [-0.15, -0.1) is 0 Å². The van der Waals surface area contributed by atoms with Crippen LogP contribution in [0.4, 0.5) is 0 Å². The van der Waals surface area contributed by atoms with E-state index in [1.54, 1.807) is 45.6 Å². The molecule has 128 valence electrons. The Kier molecular flexibility index (Phi) is 4.70. The normalized spacial score (nSPS) is 14.9. The second-order valence-corrected chi connectivity index (χ2v) is 5.28. The topological polar surface area (TPSA) is 69.1 Å². The van der Waals surface area contributed by atoms with Crippen LogP contribution in [-0.2, 0) is 4.79 Å². The highest BCUT2D eigenvalue weighted by molar-refractivity contribution is 6.19. The zero-order chi connectivity index (χ0) is 17.8. The van der Waals surface area contributed by atoms with Crippen molar-refractivity contribution in [2.24, 2.45) is 4.99 Å². The summed E-state index contributed by atoms with van der Waals surface area (Å²) in [5.74, 6) is 2.28. The maximum Gasteiger partial charge on any atom is 0.275 e. The van der Waals surface area contributed by atoms with E-state index in [0.29, 0.717) is 28.6 Å². The van der Waals surface area contributed by atoms with Crippen molar-refractivity contribution < 1.29 is 19.0 Å². The number of methoxy groups -OCH3 is 3. The zero-order valence-electron chi connectivity index (χ0n) is 14.2. The number of amidine groups is 1. The highest BCUT2D eigenvalue weighted by Crippen LogP contribution is 2.27. The molecule has 1 aliphatic heterocycles. The molecule has 0 aromatic heterocycles. The number of benzene rings is 2. The van der Waals surface area contributed by atoms with Crippen molar-refractivity contribution in [3.05, 3.63) is 59.3 Å². The van der Waals surface area contributed by atoms with Gasteiger partial charge in [-0.05, 0) is 48.5 Å². The summed E-state index contributed by atoms with van der Waals surface area (Å²) < 4.78 is 15.7. The van der Waals surface area contributed by atoms with Gasteiger partial charge in [-0.2, -0.15) is 0 Å². The fourth-order valence-electron chi connectivity index (χ4n) is 2.45. The minimum absolute atomic E-state index is 0.268. The molecular formula is C19H18N2O4. The van der Waals surface area contributed by atoms with Crippen LogP contribution >= 0.6 is 0 Å². The van der Waals surface area contributed by atoms with Crippen LogP contribution in [0.2, 0.25) is 0 Å². The van der Waals surface area contributed by atoms with E-state index >= 15 is 0 Å². The van der Waals surface area contributed by atoms with Gasteiger partial charge in [-0.1, -0.05) is 0 Å². The number of rotatable bonds is 5. The summed E-state index contributed by atoms with van der Waals surface area (Å²) in [6.45, 7) is 0. The number of aliphatic imine (C=N–C) groups is 1. The first kappa shape index (κ1) is 16.6. The van der Waals surface area contributed by atoms with Gasteiger partial charge in [0.05, 0.1) is 21.3 Å². The molecule has 1 aliphatic rings. The number of nitrogens with one attached hydrogen (secondary N) is 1. The molecule has 0 aliphatic carbocycles. The van der Waals surface area contributed by atoms with Crippen LogP contribution in [0.15, 0.2) is 53.2 Å². The summed E-state index contributed by atoms with van der Waals surface area (Å²) in [6.07, 6.45) is 1.67. The summed E-state index contributed by atoms with van der Waals surface area (Å²) in [6, 6.07) is 12.7. The molecule has 2 aromatic rings. The maximum absolute atomic E-state index is 12.2. The van der Waals surface area contributed by atoms with E-state index in [-0.39, 0.29) is 5.91 Å². The zero-order valence-corrected chi connectivity index (χ0v) is 14.2. The first-order valence-electron chi connectivity index (χ1n) is 7.63. The third-order valence-electron chi connectivity index (χ3n) is 3.79. The van der Waals surface area contributed by atoms with Gasteiger partial charge in [0.2, 0.25) is 0 Å². The van der Waals surface area contributed by atoms with E-state index in [9.17, 15) is 4.79 Å². The van der Waals surface area contributed by atoms with Gasteiger partial charge >= 0.3 is 0 Å². The van der Waals surface area contributed by atoms with Crippen molar-refractivity contribution in [2.75, 3.05) is 21.3 Å². The van der Waals surface area contributed by atoms with Crippen LogP contribution in [0.25, 0.3) is 6.08 Å². The standard InChI is InChI=1S/C19H18N2O4/c1-23-14-6-4-12(5-7-14)18-20-16(19(22)21-18)11-13-10-15(24-2)8-9-17(13)25-3/h4-11H,1-3H3,(H,20,21,22)/b16-11-. The lowest BCUT2D eigenvalue weighted by Gasteiger charge is -2.07. The first-order chi connectivity index (χ1) is 12.1. The summed E-state index contributed by atoms with van der Waals surface area (Å²) in [5, 5.41) is 2.77. The fraction of sp³-hybridized carbons (Fsp3) is 0.158. The molecule has 6 nitrogen and oxygen atoms in total. The van der Waals surface area contributed by atoms with E-state index in [1.165, 1.54) is 0 Å². The smallest absolute Gasteiger partial charge is 0.275 e. The third kappa shape index (κ3) is 3.47. The van der Waals surface area contributed by atoms with Crippen molar-refractivity contribution in [3.63, 3.8) is 0 Å². The molecule has 1 heterocycles. The van der Waals surface area contributed by atoms with Crippen molar-refractivity contribution in [1.82, 2.24) is 5.32 Å². The number of carbonyl (C=O) groups is 1. The molecule has 0 saturated carbocycles. The Morgan fingerprint density at radius 3 is 2.24 bits per heavy atom. The van der Waals surface area contributed by atoms with Gasteiger partial charge < -0.3 is 19.5 Å². The van der Waals surface area contributed by atoms with Crippen molar-refractivity contribution in [1.29, 1.82) is 0 Å². The Hall–Kier alpha value is -3.28. The molecule has 3 rings (SSSR count). The summed E-state index contributed by atoms with van der Waals surface area (Å²) in [4.78, 5) is 16.6. The van der Waals surface area contributed by atoms with Crippen LogP contribution in [0.1, 0.15) is 11.1 Å². The highest BCUT2D eigenvalue weighted by Gasteiger charge is 2.21. The molecule has 0 spiro atoms. The number of nitrogens with zero attached hydrogens (tertiary/aromatic N) is 1. The van der Waals surface area contributed by atoms with E-state index in [2.05, 4.69) is 10.3 Å². The predicted molar refractivity (Wildman–Crippen MR) is 95.2 cm³/mol. The molecule has 0 atom stereocenters.